The van der Waals surface area contributed by atoms with Crippen molar-refractivity contribution in [3.05, 3.63) is 21.5 Å². The van der Waals surface area contributed by atoms with Gasteiger partial charge in [0.2, 0.25) is 0 Å². The highest BCUT2D eigenvalue weighted by molar-refractivity contribution is 14.1. The van der Waals surface area contributed by atoms with Crippen molar-refractivity contribution in [2.45, 2.75) is 20.3 Å². The third-order valence-corrected chi connectivity index (χ3v) is 4.11. The number of nitrogens with two attached hydrogens (primary N) is 1. The number of anilines is 2. The number of hydrogen-bond acceptors (Lipinski definition) is 2. The van der Waals surface area contributed by atoms with Gasteiger partial charge in [-0.3, -0.25) is 0 Å². The molecule has 17 heavy (non-hydrogen) atoms. The number of rotatable bonds is 1. The highest BCUT2D eigenvalue weighted by atomic mass is 127. The van der Waals surface area contributed by atoms with Gasteiger partial charge in [-0.2, -0.15) is 0 Å². The van der Waals surface area contributed by atoms with Crippen molar-refractivity contribution in [2.24, 2.45) is 11.8 Å². The molecule has 4 heteroatoms. The lowest BCUT2D eigenvalue weighted by atomic mass is 9.91. The topological polar surface area (TPSA) is 29.3 Å². The summed E-state index contributed by atoms with van der Waals surface area (Å²) in [5.74, 6) is 1.10. The molecule has 94 valence electrons. The summed E-state index contributed by atoms with van der Waals surface area (Å²) < 4.78 is 14.2. The third-order valence-electron chi connectivity index (χ3n) is 3.28. The molecule has 0 aliphatic carbocycles. The van der Waals surface area contributed by atoms with Crippen molar-refractivity contribution < 1.29 is 4.39 Å². The summed E-state index contributed by atoms with van der Waals surface area (Å²) in [7, 11) is 0. The minimum atomic E-state index is -0.180. The SMILES string of the molecule is CC1CC(C)CN(c2cc(F)c(I)cc2N)C1. The number of halogens is 2. The van der Waals surface area contributed by atoms with Crippen molar-refractivity contribution in [2.75, 3.05) is 23.7 Å². The van der Waals surface area contributed by atoms with Crippen LogP contribution < -0.4 is 10.6 Å². The normalized spacial score (nSPS) is 25.1. The lowest BCUT2D eigenvalue weighted by Crippen LogP contribution is -2.39. The number of piperidine rings is 1. The summed E-state index contributed by atoms with van der Waals surface area (Å²) in [5.41, 5.74) is 7.53. The van der Waals surface area contributed by atoms with E-state index in [2.05, 4.69) is 18.7 Å². The molecule has 0 radical (unpaired) electrons. The first-order chi connectivity index (χ1) is 7.97. The molecule has 1 aliphatic rings. The standard InChI is InChI=1S/C13H18FIN2/c1-8-3-9(2)7-17(6-8)13-4-10(14)11(15)5-12(13)16/h4-5,8-9H,3,6-7,16H2,1-2H3. The molecule has 0 saturated carbocycles. The van der Waals surface area contributed by atoms with E-state index in [1.54, 1.807) is 12.1 Å². The van der Waals surface area contributed by atoms with E-state index in [-0.39, 0.29) is 5.82 Å². The summed E-state index contributed by atoms with van der Waals surface area (Å²) in [6.45, 7) is 6.41. The number of nitrogen functional groups attached to an aromatic ring is 1. The van der Waals surface area contributed by atoms with E-state index in [1.807, 2.05) is 22.6 Å². The van der Waals surface area contributed by atoms with E-state index >= 15 is 0 Å². The summed E-state index contributed by atoms with van der Waals surface area (Å²) in [4.78, 5) is 2.22. The van der Waals surface area contributed by atoms with E-state index in [0.717, 1.165) is 18.8 Å². The molecule has 0 aromatic heterocycles. The highest BCUT2D eigenvalue weighted by Crippen LogP contribution is 2.32. The predicted molar refractivity (Wildman–Crippen MR) is 78.7 cm³/mol. The first-order valence-corrected chi connectivity index (χ1v) is 7.04. The molecule has 2 atom stereocenters. The van der Waals surface area contributed by atoms with Crippen molar-refractivity contribution >= 4 is 34.0 Å². The van der Waals surface area contributed by atoms with Crippen LogP contribution >= 0.6 is 22.6 Å². The van der Waals surface area contributed by atoms with E-state index in [1.165, 1.54) is 6.42 Å². The van der Waals surface area contributed by atoms with E-state index < -0.39 is 0 Å². The second kappa shape index (κ2) is 5.00. The van der Waals surface area contributed by atoms with Gasteiger partial charge in [-0.15, -0.1) is 0 Å². The second-order valence-corrected chi connectivity index (χ2v) is 6.34. The van der Waals surface area contributed by atoms with Gasteiger partial charge in [0.1, 0.15) is 5.82 Å². The van der Waals surface area contributed by atoms with E-state index in [4.69, 9.17) is 5.73 Å². The van der Waals surface area contributed by atoms with Gasteiger partial charge in [0.15, 0.2) is 0 Å². The Kier molecular flexibility index (Phi) is 3.80. The Morgan fingerprint density at radius 1 is 1.29 bits per heavy atom. The summed E-state index contributed by atoms with van der Waals surface area (Å²) in [5, 5.41) is 0. The molecular formula is C13H18FIN2. The molecule has 1 aromatic carbocycles. The molecule has 1 aromatic rings. The molecule has 2 nitrogen and oxygen atoms in total. The fourth-order valence-electron chi connectivity index (χ4n) is 2.69. The molecule has 2 unspecified atom stereocenters. The molecule has 1 aliphatic heterocycles. The van der Waals surface area contributed by atoms with Crippen LogP contribution in [0.15, 0.2) is 12.1 Å². The summed E-state index contributed by atoms with van der Waals surface area (Å²) in [6, 6.07) is 3.29. The lowest BCUT2D eigenvalue weighted by molar-refractivity contribution is 0.357. The zero-order chi connectivity index (χ0) is 12.6. The van der Waals surface area contributed by atoms with E-state index in [0.29, 0.717) is 21.1 Å². The molecule has 0 spiro atoms. The van der Waals surface area contributed by atoms with Crippen molar-refractivity contribution in [3.63, 3.8) is 0 Å². The van der Waals surface area contributed by atoms with Gasteiger partial charge in [-0.05, 0) is 46.9 Å². The van der Waals surface area contributed by atoms with Crippen LogP contribution in [0.25, 0.3) is 0 Å². The minimum absolute atomic E-state index is 0.180. The highest BCUT2D eigenvalue weighted by Gasteiger charge is 2.23. The van der Waals surface area contributed by atoms with Crippen LogP contribution in [0.2, 0.25) is 0 Å². The maximum atomic E-state index is 13.6. The van der Waals surface area contributed by atoms with Crippen molar-refractivity contribution in [3.8, 4) is 0 Å². The lowest BCUT2D eigenvalue weighted by Gasteiger charge is -2.37. The van der Waals surface area contributed by atoms with Crippen LogP contribution in [-0.4, -0.2) is 13.1 Å². The van der Waals surface area contributed by atoms with Crippen LogP contribution in [0, 0.1) is 21.2 Å². The Labute approximate surface area is 116 Å². The largest absolute Gasteiger partial charge is 0.397 e. The van der Waals surface area contributed by atoms with Crippen molar-refractivity contribution in [1.82, 2.24) is 0 Å². The Balaban J connectivity index is 2.30. The van der Waals surface area contributed by atoms with Gasteiger partial charge in [0, 0.05) is 19.2 Å². The third kappa shape index (κ3) is 2.84. The molecule has 2 rings (SSSR count). The number of nitrogens with zero attached hydrogens (tertiary/aromatic N) is 1. The maximum Gasteiger partial charge on any atom is 0.138 e. The van der Waals surface area contributed by atoms with Gasteiger partial charge < -0.3 is 10.6 Å². The fraction of sp³-hybridized carbons (Fsp3) is 0.538. The number of hydrogen-bond donors (Lipinski definition) is 1. The van der Waals surface area contributed by atoms with Gasteiger partial charge in [0.25, 0.3) is 0 Å². The van der Waals surface area contributed by atoms with Crippen LogP contribution in [-0.2, 0) is 0 Å². The average Bonchev–Trinajstić information content (AvgIpc) is 2.22. The van der Waals surface area contributed by atoms with E-state index in [9.17, 15) is 4.39 Å². The van der Waals surface area contributed by atoms with Crippen molar-refractivity contribution in [1.29, 1.82) is 0 Å². The zero-order valence-corrected chi connectivity index (χ0v) is 12.4. The molecule has 2 N–H and O–H groups in total. The van der Waals surface area contributed by atoms with Crippen LogP contribution in [0.1, 0.15) is 20.3 Å². The maximum absolute atomic E-state index is 13.6. The van der Waals surface area contributed by atoms with Gasteiger partial charge >= 0.3 is 0 Å². The van der Waals surface area contributed by atoms with Gasteiger partial charge in [-0.1, -0.05) is 13.8 Å². The average molecular weight is 348 g/mol. The van der Waals surface area contributed by atoms with Gasteiger partial charge in [0.05, 0.1) is 14.9 Å². The van der Waals surface area contributed by atoms with Crippen LogP contribution in [0.5, 0.6) is 0 Å². The Morgan fingerprint density at radius 3 is 2.47 bits per heavy atom. The molecule has 1 heterocycles. The minimum Gasteiger partial charge on any atom is -0.397 e. The smallest absolute Gasteiger partial charge is 0.138 e. The first-order valence-electron chi connectivity index (χ1n) is 5.97. The molecule has 0 amide bonds. The number of benzene rings is 1. The molecular weight excluding hydrogens is 330 g/mol. The van der Waals surface area contributed by atoms with Crippen LogP contribution in [0.4, 0.5) is 15.8 Å². The molecule has 0 bridgehead atoms. The molecule has 1 fully saturated rings. The monoisotopic (exact) mass is 348 g/mol. The summed E-state index contributed by atoms with van der Waals surface area (Å²) >= 11 is 1.97. The quantitative estimate of drug-likeness (QED) is 0.622. The second-order valence-electron chi connectivity index (χ2n) is 5.18. The zero-order valence-electron chi connectivity index (χ0n) is 10.2. The van der Waals surface area contributed by atoms with Crippen LogP contribution in [0.3, 0.4) is 0 Å². The Hall–Kier alpha value is -0.520. The fourth-order valence-corrected chi connectivity index (χ4v) is 3.18. The summed E-state index contributed by atoms with van der Waals surface area (Å²) in [6.07, 6.45) is 1.24. The molecule has 1 saturated heterocycles. The Morgan fingerprint density at radius 2 is 1.88 bits per heavy atom. The van der Waals surface area contributed by atoms with Gasteiger partial charge in [-0.25, -0.2) is 4.39 Å². The predicted octanol–water partition coefficient (Wildman–Crippen LogP) is 3.49. The first kappa shape index (κ1) is 12.9. The Bertz CT molecular complexity index is 412.